The maximum Gasteiger partial charge on any atom is 0.224 e. The predicted octanol–water partition coefficient (Wildman–Crippen LogP) is 2.86. The van der Waals surface area contributed by atoms with E-state index in [2.05, 4.69) is 22.7 Å². The Balaban J connectivity index is 1.95. The summed E-state index contributed by atoms with van der Waals surface area (Å²) in [6.07, 6.45) is 4.36. The van der Waals surface area contributed by atoms with E-state index >= 15 is 0 Å². The van der Waals surface area contributed by atoms with Crippen molar-refractivity contribution in [3.8, 4) is 0 Å². The van der Waals surface area contributed by atoms with Gasteiger partial charge in [0.1, 0.15) is 0 Å². The summed E-state index contributed by atoms with van der Waals surface area (Å²) >= 11 is 0. The van der Waals surface area contributed by atoms with Crippen molar-refractivity contribution in [2.45, 2.75) is 33.4 Å². The first-order valence-electron chi connectivity index (χ1n) is 6.86. The highest BCUT2D eigenvalue weighted by Crippen LogP contribution is 2.16. The molecule has 0 aliphatic rings. The number of nitrogens with zero attached hydrogens (tertiary/aromatic N) is 2. The molecule has 0 spiro atoms. The second-order valence-electron chi connectivity index (χ2n) is 4.54. The van der Waals surface area contributed by atoms with Crippen LogP contribution in [0, 0.1) is 0 Å². The van der Waals surface area contributed by atoms with Gasteiger partial charge in [-0.15, -0.1) is 0 Å². The van der Waals surface area contributed by atoms with E-state index in [0.717, 1.165) is 23.5 Å². The van der Waals surface area contributed by atoms with Crippen LogP contribution in [0.3, 0.4) is 0 Å². The molecule has 0 atom stereocenters. The van der Waals surface area contributed by atoms with Gasteiger partial charge >= 0.3 is 0 Å². The van der Waals surface area contributed by atoms with Gasteiger partial charge < -0.3 is 10.6 Å². The van der Waals surface area contributed by atoms with Crippen molar-refractivity contribution in [2.75, 3.05) is 10.6 Å². The Morgan fingerprint density at radius 3 is 2.80 bits per heavy atom. The lowest BCUT2D eigenvalue weighted by Gasteiger charge is -2.08. The van der Waals surface area contributed by atoms with E-state index in [1.807, 2.05) is 48.3 Å². The summed E-state index contributed by atoms with van der Waals surface area (Å²) in [6, 6.07) is 7.71. The molecule has 0 fully saturated rings. The normalized spacial score (nSPS) is 10.3. The molecule has 2 N–H and O–H groups in total. The number of hydrogen-bond acceptors (Lipinski definition) is 3. The molecule has 1 amide bonds. The molecule has 5 heteroatoms. The molecule has 2 rings (SSSR count). The SMILES string of the molecule is CCC(=O)Nc1cccc(NCc2cnn(CC)c2)c1. The molecule has 0 saturated carbocycles. The second-order valence-corrected chi connectivity index (χ2v) is 4.54. The van der Waals surface area contributed by atoms with Gasteiger partial charge in [-0.25, -0.2) is 0 Å². The minimum Gasteiger partial charge on any atom is -0.381 e. The zero-order valence-electron chi connectivity index (χ0n) is 11.9. The summed E-state index contributed by atoms with van der Waals surface area (Å²) in [5, 5.41) is 10.4. The van der Waals surface area contributed by atoms with Gasteiger partial charge in [-0.3, -0.25) is 9.48 Å². The van der Waals surface area contributed by atoms with Gasteiger partial charge in [0.05, 0.1) is 6.20 Å². The van der Waals surface area contributed by atoms with Crippen LogP contribution in [0.4, 0.5) is 11.4 Å². The van der Waals surface area contributed by atoms with Crippen molar-refractivity contribution in [1.29, 1.82) is 0 Å². The fraction of sp³-hybridized carbons (Fsp3) is 0.333. The molecule has 0 radical (unpaired) electrons. The molecule has 2 aromatic rings. The molecule has 0 bridgehead atoms. The first-order valence-corrected chi connectivity index (χ1v) is 6.86. The van der Waals surface area contributed by atoms with Crippen LogP contribution < -0.4 is 10.6 Å². The van der Waals surface area contributed by atoms with Crippen molar-refractivity contribution >= 4 is 17.3 Å². The lowest BCUT2D eigenvalue weighted by molar-refractivity contribution is -0.115. The number of nitrogens with one attached hydrogen (secondary N) is 2. The number of amides is 1. The number of anilines is 2. The van der Waals surface area contributed by atoms with Crippen LogP contribution in [0.25, 0.3) is 0 Å². The van der Waals surface area contributed by atoms with Crippen LogP contribution in [0.15, 0.2) is 36.7 Å². The highest BCUT2D eigenvalue weighted by atomic mass is 16.1. The largest absolute Gasteiger partial charge is 0.381 e. The van der Waals surface area contributed by atoms with Gasteiger partial charge in [-0.1, -0.05) is 13.0 Å². The van der Waals surface area contributed by atoms with E-state index in [4.69, 9.17) is 0 Å². The van der Waals surface area contributed by atoms with Crippen molar-refractivity contribution in [3.63, 3.8) is 0 Å². The zero-order chi connectivity index (χ0) is 14.4. The number of aromatic nitrogens is 2. The Kier molecular flexibility index (Phi) is 4.76. The summed E-state index contributed by atoms with van der Waals surface area (Å²) < 4.78 is 1.90. The topological polar surface area (TPSA) is 59.0 Å². The molecule has 106 valence electrons. The third-order valence-electron chi connectivity index (χ3n) is 2.97. The van der Waals surface area contributed by atoms with Crippen LogP contribution in [0.1, 0.15) is 25.8 Å². The number of carbonyl (C=O) groups is 1. The van der Waals surface area contributed by atoms with E-state index in [9.17, 15) is 4.79 Å². The number of rotatable bonds is 6. The first kappa shape index (κ1) is 14.1. The monoisotopic (exact) mass is 272 g/mol. The van der Waals surface area contributed by atoms with Crippen molar-refractivity contribution < 1.29 is 4.79 Å². The molecule has 0 unspecified atom stereocenters. The Hall–Kier alpha value is -2.30. The van der Waals surface area contributed by atoms with E-state index in [1.54, 1.807) is 0 Å². The molecule has 0 saturated heterocycles. The van der Waals surface area contributed by atoms with Crippen LogP contribution in [0.2, 0.25) is 0 Å². The van der Waals surface area contributed by atoms with Gasteiger partial charge in [0, 0.05) is 42.6 Å². The fourth-order valence-electron chi connectivity index (χ4n) is 1.83. The van der Waals surface area contributed by atoms with Crippen molar-refractivity contribution in [1.82, 2.24) is 9.78 Å². The number of carbonyl (C=O) groups excluding carboxylic acids is 1. The first-order chi connectivity index (χ1) is 9.71. The average Bonchev–Trinajstić information content (AvgIpc) is 2.93. The minimum atomic E-state index is 0.0198. The second kappa shape index (κ2) is 6.75. The minimum absolute atomic E-state index is 0.0198. The highest BCUT2D eigenvalue weighted by Gasteiger charge is 2.01. The Morgan fingerprint density at radius 1 is 1.30 bits per heavy atom. The van der Waals surface area contributed by atoms with Gasteiger partial charge in [0.2, 0.25) is 5.91 Å². The van der Waals surface area contributed by atoms with Gasteiger partial charge in [0.25, 0.3) is 0 Å². The van der Waals surface area contributed by atoms with Crippen LogP contribution >= 0.6 is 0 Å². The molecular formula is C15H20N4O. The number of hydrogen-bond donors (Lipinski definition) is 2. The summed E-state index contributed by atoms with van der Waals surface area (Å²) in [7, 11) is 0. The molecule has 5 nitrogen and oxygen atoms in total. The molecular weight excluding hydrogens is 252 g/mol. The van der Waals surface area contributed by atoms with E-state index in [1.165, 1.54) is 0 Å². The van der Waals surface area contributed by atoms with Gasteiger partial charge in [0.15, 0.2) is 0 Å². The summed E-state index contributed by atoms with van der Waals surface area (Å²) in [5.74, 6) is 0.0198. The standard InChI is InChI=1S/C15H20N4O/c1-3-15(20)18-14-7-5-6-13(8-14)16-9-12-10-17-19(4-2)11-12/h5-8,10-11,16H,3-4,9H2,1-2H3,(H,18,20). The van der Waals surface area contributed by atoms with E-state index < -0.39 is 0 Å². The number of benzene rings is 1. The quantitative estimate of drug-likeness (QED) is 0.850. The zero-order valence-corrected chi connectivity index (χ0v) is 11.9. The Morgan fingerprint density at radius 2 is 2.10 bits per heavy atom. The maximum absolute atomic E-state index is 11.4. The summed E-state index contributed by atoms with van der Waals surface area (Å²) in [6.45, 7) is 5.48. The maximum atomic E-state index is 11.4. The Labute approximate surface area is 119 Å². The molecule has 1 heterocycles. The number of aryl methyl sites for hydroxylation is 1. The third kappa shape index (κ3) is 3.85. The lowest BCUT2D eigenvalue weighted by atomic mass is 10.2. The predicted molar refractivity (Wildman–Crippen MR) is 80.6 cm³/mol. The molecule has 0 aliphatic heterocycles. The lowest BCUT2D eigenvalue weighted by Crippen LogP contribution is -2.09. The van der Waals surface area contributed by atoms with Crippen LogP contribution in [0.5, 0.6) is 0 Å². The molecule has 1 aromatic heterocycles. The molecule has 0 aliphatic carbocycles. The summed E-state index contributed by atoms with van der Waals surface area (Å²) in [5.41, 5.74) is 2.92. The smallest absolute Gasteiger partial charge is 0.224 e. The van der Waals surface area contributed by atoms with Gasteiger partial charge in [-0.2, -0.15) is 5.10 Å². The molecule has 1 aromatic carbocycles. The van der Waals surface area contributed by atoms with Crippen LogP contribution in [-0.2, 0) is 17.9 Å². The molecule has 20 heavy (non-hydrogen) atoms. The highest BCUT2D eigenvalue weighted by molar-refractivity contribution is 5.90. The summed E-state index contributed by atoms with van der Waals surface area (Å²) in [4.78, 5) is 11.4. The third-order valence-corrected chi connectivity index (χ3v) is 2.97. The van der Waals surface area contributed by atoms with Gasteiger partial charge in [-0.05, 0) is 25.1 Å². The fourth-order valence-corrected chi connectivity index (χ4v) is 1.83. The van der Waals surface area contributed by atoms with Crippen LogP contribution in [-0.4, -0.2) is 15.7 Å². The average molecular weight is 272 g/mol. The van der Waals surface area contributed by atoms with E-state index in [-0.39, 0.29) is 5.91 Å². The van der Waals surface area contributed by atoms with Crippen molar-refractivity contribution in [3.05, 3.63) is 42.2 Å². The Bertz CT molecular complexity index is 577. The van der Waals surface area contributed by atoms with E-state index in [0.29, 0.717) is 13.0 Å². The van der Waals surface area contributed by atoms with Crippen molar-refractivity contribution in [2.24, 2.45) is 0 Å².